The zero-order valence-corrected chi connectivity index (χ0v) is 20.9. The fourth-order valence-electron chi connectivity index (χ4n) is 4.41. The van der Waals surface area contributed by atoms with Crippen molar-refractivity contribution in [2.45, 2.75) is 49.6 Å². The minimum absolute atomic E-state index is 0.167. The van der Waals surface area contributed by atoms with Gasteiger partial charge in [-0.15, -0.1) is 10.2 Å². The summed E-state index contributed by atoms with van der Waals surface area (Å²) in [7, 11) is 1.68. The molecule has 2 aromatic heterocycles. The van der Waals surface area contributed by atoms with E-state index in [1.807, 2.05) is 42.5 Å². The molecule has 1 atom stereocenters. The number of aromatic nitrogens is 5. The first-order valence-corrected chi connectivity index (χ1v) is 13.0. The Morgan fingerprint density at radius 3 is 2.51 bits per heavy atom. The molecule has 8 nitrogen and oxygen atoms in total. The van der Waals surface area contributed by atoms with Crippen molar-refractivity contribution in [2.24, 2.45) is 0 Å². The smallest absolute Gasteiger partial charge is 0.237 e. The Labute approximate surface area is 209 Å². The highest BCUT2D eigenvalue weighted by molar-refractivity contribution is 7.98. The summed E-state index contributed by atoms with van der Waals surface area (Å²) in [5.41, 5.74) is 2.16. The number of nitrogens with zero attached hydrogens (tertiary/aromatic N) is 6. The van der Waals surface area contributed by atoms with Crippen LogP contribution in [0, 0.1) is 0 Å². The molecule has 0 amide bonds. The van der Waals surface area contributed by atoms with E-state index in [0.29, 0.717) is 23.9 Å². The van der Waals surface area contributed by atoms with Crippen molar-refractivity contribution in [1.82, 2.24) is 29.8 Å². The fourth-order valence-corrected chi connectivity index (χ4v) is 5.21. The van der Waals surface area contributed by atoms with E-state index >= 15 is 0 Å². The first kappa shape index (κ1) is 23.6. The molecule has 5 rings (SSSR count). The molecule has 182 valence electrons. The molecule has 2 aromatic carbocycles. The number of piperidine rings is 1. The summed E-state index contributed by atoms with van der Waals surface area (Å²) in [5.74, 6) is 3.54. The van der Waals surface area contributed by atoms with Crippen LogP contribution in [-0.2, 0) is 12.2 Å². The van der Waals surface area contributed by atoms with E-state index in [9.17, 15) is 0 Å². The van der Waals surface area contributed by atoms with Gasteiger partial charge in [0.15, 0.2) is 16.8 Å². The van der Waals surface area contributed by atoms with Gasteiger partial charge in [0.1, 0.15) is 5.75 Å². The second kappa shape index (κ2) is 11.0. The lowest BCUT2D eigenvalue weighted by Gasteiger charge is -2.31. The van der Waals surface area contributed by atoms with Crippen LogP contribution in [-0.4, -0.2) is 50.0 Å². The molecule has 35 heavy (non-hydrogen) atoms. The van der Waals surface area contributed by atoms with Gasteiger partial charge < -0.3 is 9.26 Å². The van der Waals surface area contributed by atoms with E-state index in [-0.39, 0.29) is 6.04 Å². The molecular formula is C26H30N6O2S. The summed E-state index contributed by atoms with van der Waals surface area (Å²) >= 11 is 1.55. The zero-order chi connectivity index (χ0) is 24.0. The SMILES string of the molecule is COc1ccc(-n2c(SCc3nc(Cc4ccccc4)no3)nnc2C(C)N2CCCCC2)cc1. The van der Waals surface area contributed by atoms with Gasteiger partial charge in [-0.2, -0.15) is 4.98 Å². The number of hydrogen-bond acceptors (Lipinski definition) is 8. The maximum atomic E-state index is 5.52. The van der Waals surface area contributed by atoms with E-state index in [0.717, 1.165) is 41.1 Å². The topological polar surface area (TPSA) is 82.1 Å². The van der Waals surface area contributed by atoms with Gasteiger partial charge >= 0.3 is 0 Å². The number of likely N-dealkylation sites (tertiary alicyclic amines) is 1. The lowest BCUT2D eigenvalue weighted by atomic mass is 10.1. The largest absolute Gasteiger partial charge is 0.497 e. The standard InChI is InChI=1S/C26H30N6O2S/c1-19(31-15-7-4-8-16-31)25-28-29-26(32(25)21-11-13-22(33-2)14-12-21)35-18-24-27-23(30-34-24)17-20-9-5-3-6-10-20/h3,5-6,9-14,19H,4,7-8,15-18H2,1-2H3. The minimum atomic E-state index is 0.167. The Morgan fingerprint density at radius 2 is 1.77 bits per heavy atom. The van der Waals surface area contributed by atoms with E-state index in [1.54, 1.807) is 18.9 Å². The van der Waals surface area contributed by atoms with Crippen LogP contribution in [0.3, 0.4) is 0 Å². The molecule has 0 saturated carbocycles. The molecule has 0 radical (unpaired) electrons. The molecule has 0 N–H and O–H groups in total. The van der Waals surface area contributed by atoms with Gasteiger partial charge in [0, 0.05) is 12.1 Å². The molecule has 1 unspecified atom stereocenters. The van der Waals surface area contributed by atoms with Crippen molar-refractivity contribution >= 4 is 11.8 Å². The lowest BCUT2D eigenvalue weighted by molar-refractivity contribution is 0.167. The quantitative estimate of drug-likeness (QED) is 0.300. The number of thioether (sulfide) groups is 1. The Hall–Kier alpha value is -3.17. The molecule has 1 aliphatic rings. The zero-order valence-electron chi connectivity index (χ0n) is 20.1. The monoisotopic (exact) mass is 490 g/mol. The Morgan fingerprint density at radius 1 is 1.00 bits per heavy atom. The average molecular weight is 491 g/mol. The van der Waals surface area contributed by atoms with Gasteiger partial charge in [0.05, 0.1) is 18.9 Å². The van der Waals surface area contributed by atoms with Crippen molar-refractivity contribution in [1.29, 1.82) is 0 Å². The molecular weight excluding hydrogens is 460 g/mol. The molecule has 0 bridgehead atoms. The second-order valence-corrected chi connectivity index (χ2v) is 9.64. The van der Waals surface area contributed by atoms with Gasteiger partial charge in [0.2, 0.25) is 5.89 Å². The van der Waals surface area contributed by atoms with E-state index < -0.39 is 0 Å². The molecule has 1 aliphatic heterocycles. The highest BCUT2D eigenvalue weighted by atomic mass is 32.2. The number of benzene rings is 2. The van der Waals surface area contributed by atoms with Gasteiger partial charge in [-0.05, 0) is 62.7 Å². The summed E-state index contributed by atoms with van der Waals surface area (Å²) < 4.78 is 13.0. The van der Waals surface area contributed by atoms with Gasteiger partial charge in [-0.1, -0.05) is 53.7 Å². The Bertz CT molecular complexity index is 1220. The Kier molecular flexibility index (Phi) is 7.44. The van der Waals surface area contributed by atoms with Crippen molar-refractivity contribution in [3.63, 3.8) is 0 Å². The maximum Gasteiger partial charge on any atom is 0.237 e. The van der Waals surface area contributed by atoms with Crippen LogP contribution < -0.4 is 4.74 Å². The Balaban J connectivity index is 1.36. The van der Waals surface area contributed by atoms with E-state index in [2.05, 4.69) is 48.9 Å². The van der Waals surface area contributed by atoms with E-state index in [1.165, 1.54) is 19.3 Å². The summed E-state index contributed by atoms with van der Waals surface area (Å²) in [6.07, 6.45) is 4.40. The molecule has 4 aromatic rings. The van der Waals surface area contributed by atoms with Crippen LogP contribution in [0.25, 0.3) is 5.69 Å². The predicted octanol–water partition coefficient (Wildman–Crippen LogP) is 5.09. The van der Waals surface area contributed by atoms with Crippen LogP contribution in [0.1, 0.15) is 55.3 Å². The number of hydrogen-bond donors (Lipinski definition) is 0. The third kappa shape index (κ3) is 5.57. The van der Waals surface area contributed by atoms with Gasteiger partial charge in [0.25, 0.3) is 0 Å². The van der Waals surface area contributed by atoms with Crippen LogP contribution in [0.5, 0.6) is 5.75 Å². The number of rotatable bonds is 9. The van der Waals surface area contributed by atoms with Gasteiger partial charge in [-0.25, -0.2) is 0 Å². The van der Waals surface area contributed by atoms with Crippen LogP contribution in [0.4, 0.5) is 0 Å². The van der Waals surface area contributed by atoms with E-state index in [4.69, 9.17) is 9.26 Å². The van der Waals surface area contributed by atoms with Gasteiger partial charge in [-0.3, -0.25) is 9.47 Å². The van der Waals surface area contributed by atoms with Crippen molar-refractivity contribution < 1.29 is 9.26 Å². The minimum Gasteiger partial charge on any atom is -0.497 e. The third-order valence-electron chi connectivity index (χ3n) is 6.34. The fraction of sp³-hybridized carbons (Fsp3) is 0.385. The number of methoxy groups -OCH3 is 1. The molecule has 1 fully saturated rings. The summed E-state index contributed by atoms with van der Waals surface area (Å²) in [5, 5.41) is 14.2. The number of ether oxygens (including phenoxy) is 1. The molecule has 3 heterocycles. The lowest BCUT2D eigenvalue weighted by Crippen LogP contribution is -2.33. The highest BCUT2D eigenvalue weighted by Crippen LogP contribution is 2.31. The molecule has 9 heteroatoms. The third-order valence-corrected chi connectivity index (χ3v) is 7.25. The summed E-state index contributed by atoms with van der Waals surface area (Å²) in [6.45, 7) is 4.40. The normalized spacial score (nSPS) is 15.3. The maximum absolute atomic E-state index is 5.52. The first-order chi connectivity index (χ1) is 17.2. The molecule has 0 spiro atoms. The molecule has 0 aliphatic carbocycles. The average Bonchev–Trinajstić information content (AvgIpc) is 3.55. The first-order valence-electron chi connectivity index (χ1n) is 12.0. The van der Waals surface area contributed by atoms with Crippen molar-refractivity contribution in [3.8, 4) is 11.4 Å². The molecule has 1 saturated heterocycles. The predicted molar refractivity (Wildman–Crippen MR) is 135 cm³/mol. The van der Waals surface area contributed by atoms with Crippen molar-refractivity contribution in [2.75, 3.05) is 20.2 Å². The second-order valence-electron chi connectivity index (χ2n) is 8.70. The van der Waals surface area contributed by atoms with Crippen LogP contribution >= 0.6 is 11.8 Å². The highest BCUT2D eigenvalue weighted by Gasteiger charge is 2.26. The summed E-state index contributed by atoms with van der Waals surface area (Å²) in [6, 6.07) is 18.3. The van der Waals surface area contributed by atoms with Crippen molar-refractivity contribution in [3.05, 3.63) is 77.7 Å². The van der Waals surface area contributed by atoms with Crippen LogP contribution in [0.2, 0.25) is 0 Å². The van der Waals surface area contributed by atoms with Crippen LogP contribution in [0.15, 0.2) is 64.3 Å². The summed E-state index contributed by atoms with van der Waals surface area (Å²) in [4.78, 5) is 7.08.